The third-order valence-corrected chi connectivity index (χ3v) is 4.67. The van der Waals surface area contributed by atoms with Gasteiger partial charge in [-0.25, -0.2) is 0 Å². The van der Waals surface area contributed by atoms with Crippen molar-refractivity contribution in [2.75, 3.05) is 0 Å². The van der Waals surface area contributed by atoms with Crippen molar-refractivity contribution in [3.05, 3.63) is 94.3 Å². The fourth-order valence-electron chi connectivity index (χ4n) is 2.22. The molecule has 0 fully saturated rings. The van der Waals surface area contributed by atoms with Crippen LogP contribution in [0.3, 0.4) is 0 Å². The van der Waals surface area contributed by atoms with E-state index in [-0.39, 0.29) is 17.0 Å². The van der Waals surface area contributed by atoms with Crippen LogP contribution in [0.25, 0.3) is 12.2 Å². The van der Waals surface area contributed by atoms with Crippen molar-refractivity contribution < 1.29 is 9.72 Å². The highest BCUT2D eigenvalue weighted by Gasteiger charge is 2.06. The monoisotopic (exact) mass is 386 g/mol. The third kappa shape index (κ3) is 4.14. The number of nitro groups is 1. The van der Waals surface area contributed by atoms with Crippen molar-refractivity contribution in [2.24, 2.45) is 0 Å². The standard InChI is InChI=1S/C18H11ClN2O4S/c19-13-6-4-12(5-7-13)15(22)10-17-20-18(23)16(26-17)9-11-2-1-3-14(8-11)21(24)25/h1-10H,(H,20,23)/b16-9-,17-10-. The second-order valence-corrected chi connectivity index (χ2v) is 6.82. The molecular weight excluding hydrogens is 376 g/mol. The van der Waals surface area contributed by atoms with Gasteiger partial charge in [0.1, 0.15) is 0 Å². The number of carbonyl (C=O) groups is 1. The van der Waals surface area contributed by atoms with E-state index < -0.39 is 4.92 Å². The molecule has 1 heterocycles. The highest BCUT2D eigenvalue weighted by molar-refractivity contribution is 7.07. The quantitative estimate of drug-likeness (QED) is 0.423. The molecule has 0 aliphatic rings. The number of aromatic amines is 1. The van der Waals surface area contributed by atoms with Crippen molar-refractivity contribution in [1.82, 2.24) is 4.98 Å². The van der Waals surface area contributed by atoms with Gasteiger partial charge in [0.15, 0.2) is 5.78 Å². The number of rotatable bonds is 4. The fourth-order valence-corrected chi connectivity index (χ4v) is 3.23. The van der Waals surface area contributed by atoms with Crippen LogP contribution in [0.1, 0.15) is 15.9 Å². The average molecular weight is 387 g/mol. The van der Waals surface area contributed by atoms with Crippen LogP contribution in [0.5, 0.6) is 0 Å². The molecule has 0 saturated carbocycles. The van der Waals surface area contributed by atoms with Crippen molar-refractivity contribution in [1.29, 1.82) is 0 Å². The van der Waals surface area contributed by atoms with Crippen LogP contribution < -0.4 is 14.8 Å². The van der Waals surface area contributed by atoms with Crippen LogP contribution in [0.2, 0.25) is 5.02 Å². The molecule has 0 aliphatic heterocycles. The Balaban J connectivity index is 1.97. The molecule has 0 bridgehead atoms. The van der Waals surface area contributed by atoms with Crippen molar-refractivity contribution in [2.45, 2.75) is 0 Å². The number of non-ortho nitro benzene ring substituents is 1. The second-order valence-electron chi connectivity index (χ2n) is 5.30. The summed E-state index contributed by atoms with van der Waals surface area (Å²) in [5.41, 5.74) is 0.558. The number of thiazole rings is 1. The van der Waals surface area contributed by atoms with E-state index in [1.54, 1.807) is 42.5 Å². The Morgan fingerprint density at radius 1 is 1.19 bits per heavy atom. The number of nitro benzene ring substituents is 1. The normalized spacial score (nSPS) is 12.3. The summed E-state index contributed by atoms with van der Waals surface area (Å²) in [7, 11) is 0. The van der Waals surface area contributed by atoms with E-state index in [1.807, 2.05) is 0 Å². The van der Waals surface area contributed by atoms with Gasteiger partial charge in [0.25, 0.3) is 11.2 Å². The third-order valence-electron chi connectivity index (χ3n) is 3.45. The number of aromatic nitrogens is 1. The first-order chi connectivity index (χ1) is 12.4. The van der Waals surface area contributed by atoms with Crippen LogP contribution in [0.4, 0.5) is 5.69 Å². The van der Waals surface area contributed by atoms with Crippen molar-refractivity contribution in [3.63, 3.8) is 0 Å². The number of ketones is 1. The van der Waals surface area contributed by atoms with Crippen LogP contribution >= 0.6 is 22.9 Å². The molecule has 3 rings (SSSR count). The van der Waals surface area contributed by atoms with Gasteiger partial charge in [-0.1, -0.05) is 23.7 Å². The van der Waals surface area contributed by atoms with Crippen LogP contribution in [0.15, 0.2) is 53.3 Å². The van der Waals surface area contributed by atoms with E-state index in [0.717, 1.165) is 11.3 Å². The zero-order valence-corrected chi connectivity index (χ0v) is 14.7. The van der Waals surface area contributed by atoms with Crippen LogP contribution in [-0.4, -0.2) is 15.7 Å². The highest BCUT2D eigenvalue weighted by Crippen LogP contribution is 2.13. The van der Waals surface area contributed by atoms with Gasteiger partial charge in [-0.05, 0) is 35.9 Å². The lowest BCUT2D eigenvalue weighted by molar-refractivity contribution is -0.384. The van der Waals surface area contributed by atoms with E-state index in [0.29, 0.717) is 25.3 Å². The molecule has 26 heavy (non-hydrogen) atoms. The first-order valence-electron chi connectivity index (χ1n) is 7.39. The number of hydrogen-bond acceptors (Lipinski definition) is 5. The maximum absolute atomic E-state index is 12.2. The molecule has 1 N–H and O–H groups in total. The first-order valence-corrected chi connectivity index (χ1v) is 8.59. The molecule has 1 aromatic heterocycles. The Kier molecular flexibility index (Phi) is 5.11. The maximum Gasteiger partial charge on any atom is 0.270 e. The maximum atomic E-state index is 12.2. The van der Waals surface area contributed by atoms with E-state index in [4.69, 9.17) is 11.6 Å². The lowest BCUT2D eigenvalue weighted by atomic mass is 10.1. The summed E-state index contributed by atoms with van der Waals surface area (Å²) in [4.78, 5) is 37.2. The number of nitrogens with one attached hydrogen (secondary N) is 1. The smallest absolute Gasteiger partial charge is 0.270 e. The Morgan fingerprint density at radius 2 is 1.92 bits per heavy atom. The zero-order chi connectivity index (χ0) is 18.7. The molecule has 3 aromatic rings. The number of carbonyl (C=O) groups excluding carboxylic acids is 1. The van der Waals surface area contributed by atoms with E-state index in [9.17, 15) is 19.7 Å². The summed E-state index contributed by atoms with van der Waals surface area (Å²) in [5.74, 6) is -0.263. The Labute approximate surface area is 155 Å². The molecule has 0 spiro atoms. The largest absolute Gasteiger partial charge is 0.313 e. The number of H-pyrrole nitrogens is 1. The predicted molar refractivity (Wildman–Crippen MR) is 101 cm³/mol. The second kappa shape index (κ2) is 7.47. The molecule has 8 heteroatoms. The van der Waals surface area contributed by atoms with Gasteiger partial charge < -0.3 is 4.98 Å². The number of hydrogen-bond donors (Lipinski definition) is 1. The van der Waals surface area contributed by atoms with Gasteiger partial charge in [0.2, 0.25) is 0 Å². The Hall–Kier alpha value is -3.03. The van der Waals surface area contributed by atoms with Gasteiger partial charge in [0.05, 0.1) is 14.1 Å². The minimum absolute atomic E-state index is 0.0589. The average Bonchev–Trinajstić information content (AvgIpc) is 2.94. The Morgan fingerprint density at radius 3 is 2.62 bits per heavy atom. The molecule has 0 radical (unpaired) electrons. The number of nitrogens with zero attached hydrogens (tertiary/aromatic N) is 1. The number of Topliss-reactive ketones (excluding diaryl/α,β-unsaturated/α-hetero) is 1. The van der Waals surface area contributed by atoms with E-state index >= 15 is 0 Å². The molecule has 0 unspecified atom stereocenters. The topological polar surface area (TPSA) is 93.1 Å². The molecule has 2 aromatic carbocycles. The summed E-state index contributed by atoms with van der Waals surface area (Å²) in [6.07, 6.45) is 2.88. The predicted octanol–water partition coefficient (Wildman–Crippen LogP) is 2.49. The minimum Gasteiger partial charge on any atom is -0.313 e. The molecule has 0 atom stereocenters. The van der Waals surface area contributed by atoms with E-state index in [1.165, 1.54) is 18.2 Å². The van der Waals surface area contributed by atoms with Gasteiger partial charge in [-0.3, -0.25) is 19.7 Å². The van der Waals surface area contributed by atoms with Crippen molar-refractivity contribution >= 4 is 46.6 Å². The van der Waals surface area contributed by atoms with Gasteiger partial charge >= 0.3 is 0 Å². The van der Waals surface area contributed by atoms with E-state index in [2.05, 4.69) is 4.98 Å². The fraction of sp³-hybridized carbons (Fsp3) is 0. The zero-order valence-electron chi connectivity index (χ0n) is 13.1. The number of benzene rings is 2. The summed E-state index contributed by atoms with van der Waals surface area (Å²) in [5, 5.41) is 11.4. The van der Waals surface area contributed by atoms with Gasteiger partial charge in [-0.15, -0.1) is 11.3 Å². The minimum atomic E-state index is -0.500. The number of halogens is 1. The van der Waals surface area contributed by atoms with Gasteiger partial charge in [-0.2, -0.15) is 0 Å². The van der Waals surface area contributed by atoms with Gasteiger partial charge in [0, 0.05) is 28.8 Å². The molecule has 0 saturated heterocycles. The molecular formula is C18H11ClN2O4S. The summed E-state index contributed by atoms with van der Waals surface area (Å²) in [6, 6.07) is 12.4. The van der Waals surface area contributed by atoms with Crippen LogP contribution in [0, 0.1) is 10.1 Å². The lowest BCUT2D eigenvalue weighted by Crippen LogP contribution is -2.20. The molecule has 6 nitrogen and oxygen atoms in total. The molecule has 0 amide bonds. The lowest BCUT2D eigenvalue weighted by Gasteiger charge is -1.94. The first kappa shape index (κ1) is 17.8. The Bertz CT molecular complexity index is 1160. The summed E-state index contributed by atoms with van der Waals surface area (Å²) >= 11 is 6.89. The summed E-state index contributed by atoms with van der Waals surface area (Å²) < 4.78 is 0.743. The molecule has 130 valence electrons. The highest BCUT2D eigenvalue weighted by atomic mass is 35.5. The SMILES string of the molecule is O=C(/C=c1/[nH]c(=O)/c(=C/c2cccc([N+](=O)[O-])c2)s1)c1ccc(Cl)cc1. The van der Waals surface area contributed by atoms with Crippen LogP contribution in [-0.2, 0) is 0 Å². The van der Waals surface area contributed by atoms with Crippen molar-refractivity contribution in [3.8, 4) is 0 Å². The molecule has 0 aliphatic carbocycles. The summed E-state index contributed by atoms with van der Waals surface area (Å²) in [6.45, 7) is 0.